The van der Waals surface area contributed by atoms with E-state index in [1.54, 1.807) is 24.3 Å². The molecule has 0 atom stereocenters. The van der Waals surface area contributed by atoms with Crippen molar-refractivity contribution in [1.82, 2.24) is 24.6 Å². The molecule has 5 rings (SSSR count). The number of nitrogens with zero attached hydrogens (tertiary/aromatic N) is 6. The molecule has 1 amide bonds. The van der Waals surface area contributed by atoms with Crippen LogP contribution in [0.15, 0.2) is 54.7 Å². The van der Waals surface area contributed by atoms with Gasteiger partial charge in [-0.2, -0.15) is 5.10 Å². The van der Waals surface area contributed by atoms with Crippen molar-refractivity contribution in [3.05, 3.63) is 76.2 Å². The Bertz CT molecular complexity index is 1390. The van der Waals surface area contributed by atoms with E-state index in [9.17, 15) is 4.79 Å². The normalized spacial score (nSPS) is 14.1. The maximum absolute atomic E-state index is 13.0. The first-order chi connectivity index (χ1) is 17.4. The number of benzene rings is 2. The summed E-state index contributed by atoms with van der Waals surface area (Å²) in [6, 6.07) is 14.7. The van der Waals surface area contributed by atoms with Gasteiger partial charge < -0.3 is 9.80 Å². The maximum atomic E-state index is 13.0. The number of aromatic nitrogens is 4. The van der Waals surface area contributed by atoms with E-state index < -0.39 is 0 Å². The zero-order valence-corrected chi connectivity index (χ0v) is 21.9. The predicted octanol–water partition coefficient (Wildman–Crippen LogP) is 5.67. The van der Waals surface area contributed by atoms with Gasteiger partial charge in [0.25, 0.3) is 5.91 Å². The van der Waals surface area contributed by atoms with E-state index in [4.69, 9.17) is 33.2 Å². The summed E-state index contributed by atoms with van der Waals surface area (Å²) in [4.78, 5) is 27.0. The molecule has 0 radical (unpaired) electrons. The highest BCUT2D eigenvalue weighted by atomic mass is 35.5. The Kier molecular flexibility index (Phi) is 7.12. The van der Waals surface area contributed by atoms with E-state index in [2.05, 4.69) is 23.8 Å². The lowest BCUT2D eigenvalue weighted by atomic mass is 10.1. The number of carbonyl (C=O) groups excluding carboxylic acids is 1. The molecule has 4 aromatic rings. The number of rotatable bonds is 6. The van der Waals surface area contributed by atoms with E-state index in [1.165, 1.54) is 0 Å². The number of amides is 1. The van der Waals surface area contributed by atoms with Gasteiger partial charge in [0.15, 0.2) is 5.65 Å². The Morgan fingerprint density at radius 1 is 0.972 bits per heavy atom. The molecule has 1 aliphatic rings. The van der Waals surface area contributed by atoms with Gasteiger partial charge in [0.2, 0.25) is 0 Å². The van der Waals surface area contributed by atoms with Crippen LogP contribution >= 0.6 is 23.2 Å². The Morgan fingerprint density at radius 2 is 1.69 bits per heavy atom. The van der Waals surface area contributed by atoms with E-state index in [0.717, 1.165) is 41.2 Å². The predicted molar refractivity (Wildman–Crippen MR) is 144 cm³/mol. The first-order valence-corrected chi connectivity index (χ1v) is 12.9. The molecule has 9 heteroatoms. The van der Waals surface area contributed by atoms with Crippen LogP contribution in [0.3, 0.4) is 0 Å². The van der Waals surface area contributed by atoms with Crippen molar-refractivity contribution < 1.29 is 4.79 Å². The van der Waals surface area contributed by atoms with E-state index in [0.29, 0.717) is 47.7 Å². The van der Waals surface area contributed by atoms with E-state index in [-0.39, 0.29) is 5.91 Å². The minimum Gasteiger partial charge on any atom is -0.352 e. The SMILES string of the molecule is CC(C)CCc1nc(N2CCN(C(=O)c3cccc(Cl)c3)CC2)c2cnn(-c3cccc(Cl)c3)c2n1. The lowest BCUT2D eigenvalue weighted by Crippen LogP contribution is -2.49. The van der Waals surface area contributed by atoms with Gasteiger partial charge in [-0.25, -0.2) is 14.6 Å². The van der Waals surface area contributed by atoms with Crippen molar-refractivity contribution in [2.24, 2.45) is 5.92 Å². The average molecular weight is 523 g/mol. The van der Waals surface area contributed by atoms with Crippen molar-refractivity contribution in [2.75, 3.05) is 31.1 Å². The van der Waals surface area contributed by atoms with Crippen molar-refractivity contribution in [2.45, 2.75) is 26.7 Å². The summed E-state index contributed by atoms with van der Waals surface area (Å²) in [7, 11) is 0. The van der Waals surface area contributed by atoms with Crippen molar-refractivity contribution in [3.63, 3.8) is 0 Å². The average Bonchev–Trinajstić information content (AvgIpc) is 3.31. The fourth-order valence-corrected chi connectivity index (χ4v) is 4.80. The van der Waals surface area contributed by atoms with Gasteiger partial charge in [-0.15, -0.1) is 0 Å². The second kappa shape index (κ2) is 10.4. The summed E-state index contributed by atoms with van der Waals surface area (Å²) in [5, 5.41) is 6.74. The van der Waals surface area contributed by atoms with Crippen LogP contribution in [0.1, 0.15) is 36.5 Å². The molecule has 7 nitrogen and oxygen atoms in total. The first-order valence-electron chi connectivity index (χ1n) is 12.2. The van der Waals surface area contributed by atoms with Crippen molar-refractivity contribution >= 4 is 46.0 Å². The van der Waals surface area contributed by atoms with Crippen LogP contribution in [0.25, 0.3) is 16.7 Å². The third-order valence-corrected chi connectivity index (χ3v) is 6.86. The summed E-state index contributed by atoms with van der Waals surface area (Å²) in [5.74, 6) is 2.21. The fraction of sp³-hybridized carbons (Fsp3) is 0.333. The number of anilines is 1. The maximum Gasteiger partial charge on any atom is 0.254 e. The molecule has 36 heavy (non-hydrogen) atoms. The third-order valence-electron chi connectivity index (χ3n) is 6.39. The van der Waals surface area contributed by atoms with Crippen molar-refractivity contribution in [1.29, 1.82) is 0 Å². The molecule has 0 aliphatic carbocycles. The zero-order chi connectivity index (χ0) is 25.2. The summed E-state index contributed by atoms with van der Waals surface area (Å²) in [6.45, 7) is 6.94. The quantitative estimate of drug-likeness (QED) is 0.326. The molecule has 186 valence electrons. The molecule has 1 saturated heterocycles. The van der Waals surface area contributed by atoms with Crippen LogP contribution in [-0.2, 0) is 6.42 Å². The Labute approximate surface area is 220 Å². The number of hydrogen-bond acceptors (Lipinski definition) is 5. The van der Waals surface area contributed by atoms with Crippen LogP contribution in [0.4, 0.5) is 5.82 Å². The monoisotopic (exact) mass is 522 g/mol. The highest BCUT2D eigenvalue weighted by molar-refractivity contribution is 6.31. The second-order valence-electron chi connectivity index (χ2n) is 9.46. The van der Waals surface area contributed by atoms with Crippen LogP contribution in [0.2, 0.25) is 10.0 Å². The number of aryl methyl sites for hydroxylation is 1. The van der Waals surface area contributed by atoms with Gasteiger partial charge in [-0.1, -0.05) is 49.2 Å². The molecule has 0 unspecified atom stereocenters. The van der Waals surface area contributed by atoms with Gasteiger partial charge in [-0.05, 0) is 48.7 Å². The number of fused-ring (bicyclic) bond motifs is 1. The molecule has 0 saturated carbocycles. The van der Waals surface area contributed by atoms with Gasteiger partial charge in [0.1, 0.15) is 11.6 Å². The van der Waals surface area contributed by atoms with Gasteiger partial charge in [0, 0.05) is 48.2 Å². The zero-order valence-electron chi connectivity index (χ0n) is 20.4. The van der Waals surface area contributed by atoms with E-state index >= 15 is 0 Å². The Balaban J connectivity index is 1.44. The molecule has 3 heterocycles. The van der Waals surface area contributed by atoms with Crippen LogP contribution in [0, 0.1) is 5.92 Å². The molecule has 2 aromatic carbocycles. The number of halogens is 2. The van der Waals surface area contributed by atoms with Crippen molar-refractivity contribution in [3.8, 4) is 5.69 Å². The highest BCUT2D eigenvalue weighted by Crippen LogP contribution is 2.28. The summed E-state index contributed by atoms with van der Waals surface area (Å²) in [5.41, 5.74) is 2.23. The smallest absolute Gasteiger partial charge is 0.254 e. The number of piperazine rings is 1. The fourth-order valence-electron chi connectivity index (χ4n) is 4.43. The lowest BCUT2D eigenvalue weighted by Gasteiger charge is -2.35. The van der Waals surface area contributed by atoms with Gasteiger partial charge >= 0.3 is 0 Å². The van der Waals surface area contributed by atoms with E-state index in [1.807, 2.05) is 40.0 Å². The third kappa shape index (κ3) is 5.18. The minimum atomic E-state index is -0.00335. The summed E-state index contributed by atoms with van der Waals surface area (Å²) >= 11 is 12.3. The largest absolute Gasteiger partial charge is 0.352 e. The molecule has 1 aliphatic heterocycles. The minimum absolute atomic E-state index is 0.00335. The molecule has 0 spiro atoms. The molecule has 2 aromatic heterocycles. The topological polar surface area (TPSA) is 67.2 Å². The van der Waals surface area contributed by atoms with Crippen LogP contribution in [0.5, 0.6) is 0 Å². The molecule has 0 N–H and O–H groups in total. The molecular formula is C27H28Cl2N6O. The van der Waals surface area contributed by atoms with Crippen LogP contribution in [-0.4, -0.2) is 56.7 Å². The summed E-state index contributed by atoms with van der Waals surface area (Å²) < 4.78 is 1.82. The number of carbonyl (C=O) groups is 1. The molecule has 1 fully saturated rings. The Hall–Kier alpha value is -3.16. The number of hydrogen-bond donors (Lipinski definition) is 0. The molecule has 0 bridgehead atoms. The first kappa shape index (κ1) is 24.5. The highest BCUT2D eigenvalue weighted by Gasteiger charge is 2.26. The second-order valence-corrected chi connectivity index (χ2v) is 10.3. The Morgan fingerprint density at radius 3 is 2.39 bits per heavy atom. The van der Waals surface area contributed by atoms with Gasteiger partial charge in [-0.3, -0.25) is 4.79 Å². The lowest BCUT2D eigenvalue weighted by molar-refractivity contribution is 0.0746. The standard InChI is InChI=1S/C27H28Cl2N6O/c1-18(2)9-10-24-31-25(23-17-30-35(26(23)32-24)22-8-4-7-21(29)16-22)33-11-13-34(14-12-33)27(36)19-5-3-6-20(28)15-19/h3-8,15-18H,9-14H2,1-2H3. The summed E-state index contributed by atoms with van der Waals surface area (Å²) in [6.07, 6.45) is 3.61. The molecular weight excluding hydrogens is 495 g/mol. The van der Waals surface area contributed by atoms with Crippen LogP contribution < -0.4 is 4.90 Å². The van der Waals surface area contributed by atoms with Gasteiger partial charge in [0.05, 0.1) is 17.3 Å².